The van der Waals surface area contributed by atoms with E-state index in [1.165, 1.54) is 0 Å². The maximum Gasteiger partial charge on any atom is 0.344 e. The van der Waals surface area contributed by atoms with E-state index in [-0.39, 0.29) is 24.4 Å². The van der Waals surface area contributed by atoms with Crippen LogP contribution in [0.2, 0.25) is 0 Å². The van der Waals surface area contributed by atoms with Crippen LogP contribution in [0.4, 0.5) is 0 Å². The number of nitrogens with zero attached hydrogens (tertiary/aromatic N) is 1. The molecule has 0 saturated carbocycles. The topological polar surface area (TPSA) is 55.7 Å². The molecule has 0 aliphatic carbocycles. The first-order valence-electron chi connectivity index (χ1n) is 6.17. The second-order valence-electron chi connectivity index (χ2n) is 4.26. The first-order chi connectivity index (χ1) is 9.13. The van der Waals surface area contributed by atoms with Crippen LogP contribution in [-0.4, -0.2) is 24.1 Å². The second-order valence-corrected chi connectivity index (χ2v) is 4.26. The molecule has 0 atom stereocenters. The Morgan fingerprint density at radius 3 is 2.63 bits per heavy atom. The van der Waals surface area contributed by atoms with Crippen LogP contribution in [0.25, 0.3) is 5.70 Å². The predicted molar refractivity (Wildman–Crippen MR) is 72.7 cm³/mol. The summed E-state index contributed by atoms with van der Waals surface area (Å²) in [4.78, 5) is 28.4. The van der Waals surface area contributed by atoms with Crippen LogP contribution in [0.1, 0.15) is 25.8 Å². The van der Waals surface area contributed by atoms with Crippen LogP contribution >= 0.6 is 0 Å². The monoisotopic (exact) mass is 257 g/mol. The molecular weight excluding hydrogens is 242 g/mol. The minimum Gasteiger partial charge on any atom is -0.462 e. The number of Topliss-reactive ketones (excluding diaryl/α,β-unsaturated/α-hetero) is 1. The van der Waals surface area contributed by atoms with E-state index in [1.54, 1.807) is 13.8 Å². The van der Waals surface area contributed by atoms with Gasteiger partial charge in [0.1, 0.15) is 5.57 Å². The van der Waals surface area contributed by atoms with Crippen molar-refractivity contribution in [2.45, 2.75) is 20.3 Å². The fraction of sp³-hybridized carbons (Fsp3) is 0.267. The second kappa shape index (κ2) is 5.61. The third-order valence-electron chi connectivity index (χ3n) is 2.76. The van der Waals surface area contributed by atoms with Gasteiger partial charge in [-0.25, -0.2) is 4.79 Å². The molecule has 0 spiro atoms. The van der Waals surface area contributed by atoms with E-state index in [2.05, 4.69) is 4.99 Å². The molecule has 1 aliphatic rings. The highest BCUT2D eigenvalue weighted by atomic mass is 16.5. The summed E-state index contributed by atoms with van der Waals surface area (Å²) in [6, 6.07) is 9.20. The quantitative estimate of drug-likeness (QED) is 0.617. The Bertz CT molecular complexity index is 570. The van der Waals surface area contributed by atoms with E-state index < -0.39 is 5.97 Å². The third kappa shape index (κ3) is 2.78. The van der Waals surface area contributed by atoms with E-state index in [0.29, 0.717) is 11.4 Å². The van der Waals surface area contributed by atoms with Crippen molar-refractivity contribution < 1.29 is 14.3 Å². The van der Waals surface area contributed by atoms with Gasteiger partial charge in [0.15, 0.2) is 5.78 Å². The number of carbonyl (C=O) groups is 2. The number of benzene rings is 1. The normalized spacial score (nSPS) is 15.3. The molecule has 4 heteroatoms. The van der Waals surface area contributed by atoms with Crippen LogP contribution in [0.5, 0.6) is 0 Å². The molecule has 2 rings (SSSR count). The summed E-state index contributed by atoms with van der Waals surface area (Å²) in [5.41, 5.74) is 1.92. The maximum absolute atomic E-state index is 12.1. The van der Waals surface area contributed by atoms with Crippen LogP contribution in [-0.2, 0) is 14.3 Å². The van der Waals surface area contributed by atoms with Gasteiger partial charge >= 0.3 is 5.97 Å². The molecule has 1 aromatic carbocycles. The van der Waals surface area contributed by atoms with E-state index in [4.69, 9.17) is 4.74 Å². The molecular formula is C15H15NO3. The van der Waals surface area contributed by atoms with Gasteiger partial charge < -0.3 is 4.74 Å². The van der Waals surface area contributed by atoms with E-state index >= 15 is 0 Å². The van der Waals surface area contributed by atoms with Crippen LogP contribution in [0.3, 0.4) is 0 Å². The molecule has 98 valence electrons. The third-order valence-corrected chi connectivity index (χ3v) is 2.76. The molecule has 0 unspecified atom stereocenters. The van der Waals surface area contributed by atoms with E-state index in [0.717, 1.165) is 5.56 Å². The highest BCUT2D eigenvalue weighted by molar-refractivity contribution is 6.29. The lowest BCUT2D eigenvalue weighted by molar-refractivity contribution is -0.139. The smallest absolute Gasteiger partial charge is 0.344 e. The zero-order valence-corrected chi connectivity index (χ0v) is 11.0. The summed E-state index contributed by atoms with van der Waals surface area (Å²) in [6.07, 6.45) is 0.171. The lowest BCUT2D eigenvalue weighted by Crippen LogP contribution is -2.22. The Labute approximate surface area is 111 Å². The molecule has 0 saturated heterocycles. The molecule has 19 heavy (non-hydrogen) atoms. The number of aliphatic imine (C=N–C) groups is 1. The predicted octanol–water partition coefficient (Wildman–Crippen LogP) is 2.39. The summed E-state index contributed by atoms with van der Waals surface area (Å²) < 4.78 is 4.95. The number of carbonyl (C=O) groups excluding carboxylic acids is 2. The largest absolute Gasteiger partial charge is 0.462 e. The number of esters is 1. The van der Waals surface area contributed by atoms with Gasteiger partial charge in [0, 0.05) is 17.7 Å². The minimum absolute atomic E-state index is 0.0543. The van der Waals surface area contributed by atoms with Gasteiger partial charge in [-0.2, -0.15) is 0 Å². The van der Waals surface area contributed by atoms with Crippen molar-refractivity contribution in [2.75, 3.05) is 6.61 Å². The molecule has 0 aromatic heterocycles. The summed E-state index contributed by atoms with van der Waals surface area (Å²) in [5, 5.41) is 0. The summed E-state index contributed by atoms with van der Waals surface area (Å²) in [6.45, 7) is 3.73. The molecule has 4 nitrogen and oxygen atoms in total. The molecule has 1 heterocycles. The fourth-order valence-electron chi connectivity index (χ4n) is 1.96. The minimum atomic E-state index is -0.595. The molecule has 0 amide bonds. The van der Waals surface area contributed by atoms with Gasteiger partial charge in [-0.05, 0) is 13.8 Å². The highest BCUT2D eigenvalue weighted by Gasteiger charge is 2.28. The van der Waals surface area contributed by atoms with Crippen LogP contribution < -0.4 is 0 Å². The van der Waals surface area contributed by atoms with Crippen LogP contribution in [0, 0.1) is 0 Å². The number of hydrogen-bond acceptors (Lipinski definition) is 4. The van der Waals surface area contributed by atoms with Crippen LogP contribution in [0.15, 0.2) is 40.9 Å². The Kier molecular flexibility index (Phi) is 3.90. The summed E-state index contributed by atoms with van der Waals surface area (Å²) in [5.74, 6) is -0.826. The Morgan fingerprint density at radius 2 is 2.00 bits per heavy atom. The number of ketones is 1. The van der Waals surface area contributed by atoms with Gasteiger partial charge in [0.25, 0.3) is 0 Å². The molecule has 1 aliphatic heterocycles. The number of hydrogen-bond donors (Lipinski definition) is 0. The van der Waals surface area contributed by atoms with E-state index in [1.807, 2.05) is 30.3 Å². The van der Waals surface area contributed by atoms with Crippen molar-refractivity contribution in [1.82, 2.24) is 0 Å². The standard InChI is InChI=1S/C15H15NO3/c1-3-19-15(18)13-12(17)9-10(2)16-14(13)11-7-5-4-6-8-11/h4-8H,3,9H2,1-2H3. The Hall–Kier alpha value is -2.23. The van der Waals surface area contributed by atoms with Gasteiger partial charge in [0.2, 0.25) is 0 Å². The summed E-state index contributed by atoms with van der Waals surface area (Å²) in [7, 11) is 0. The number of rotatable bonds is 3. The van der Waals surface area contributed by atoms with Crippen molar-refractivity contribution in [3.63, 3.8) is 0 Å². The molecule has 1 aromatic rings. The number of ether oxygens (including phenoxy) is 1. The van der Waals surface area contributed by atoms with Crippen molar-refractivity contribution in [1.29, 1.82) is 0 Å². The first-order valence-corrected chi connectivity index (χ1v) is 6.17. The maximum atomic E-state index is 12.1. The molecule has 0 N–H and O–H groups in total. The van der Waals surface area contributed by atoms with Gasteiger partial charge in [-0.15, -0.1) is 0 Å². The first kappa shape index (κ1) is 13.2. The Balaban J connectivity index is 2.56. The lowest BCUT2D eigenvalue weighted by atomic mass is 9.97. The zero-order chi connectivity index (χ0) is 13.8. The zero-order valence-electron chi connectivity index (χ0n) is 11.0. The summed E-state index contributed by atoms with van der Waals surface area (Å²) >= 11 is 0. The van der Waals surface area contributed by atoms with Gasteiger partial charge in [-0.3, -0.25) is 9.79 Å². The Morgan fingerprint density at radius 1 is 1.32 bits per heavy atom. The average Bonchev–Trinajstić information content (AvgIpc) is 2.39. The SMILES string of the molecule is CCOC(=O)C1=C(c2ccccc2)N=C(C)CC1=O. The van der Waals surface area contributed by atoms with E-state index in [9.17, 15) is 9.59 Å². The van der Waals surface area contributed by atoms with Crippen molar-refractivity contribution in [3.8, 4) is 0 Å². The van der Waals surface area contributed by atoms with Crippen molar-refractivity contribution >= 4 is 23.2 Å². The van der Waals surface area contributed by atoms with Gasteiger partial charge in [-0.1, -0.05) is 30.3 Å². The average molecular weight is 257 g/mol. The molecule has 0 radical (unpaired) electrons. The highest BCUT2D eigenvalue weighted by Crippen LogP contribution is 2.26. The molecule has 0 fully saturated rings. The molecule has 0 bridgehead atoms. The van der Waals surface area contributed by atoms with Crippen molar-refractivity contribution in [3.05, 3.63) is 41.5 Å². The fourth-order valence-corrected chi connectivity index (χ4v) is 1.96. The lowest BCUT2D eigenvalue weighted by Gasteiger charge is -2.16. The van der Waals surface area contributed by atoms with Gasteiger partial charge in [0.05, 0.1) is 12.3 Å². The van der Waals surface area contributed by atoms with Crippen molar-refractivity contribution in [2.24, 2.45) is 4.99 Å².